The lowest BCUT2D eigenvalue weighted by Crippen LogP contribution is -2.35. The van der Waals surface area contributed by atoms with E-state index >= 15 is 0 Å². The van der Waals surface area contributed by atoms with Gasteiger partial charge in [-0.15, -0.1) is 0 Å². The van der Waals surface area contributed by atoms with Gasteiger partial charge in [0.05, 0.1) is 0 Å². The van der Waals surface area contributed by atoms with Crippen LogP contribution in [0, 0.1) is 5.92 Å². The molecule has 0 radical (unpaired) electrons. The Labute approximate surface area is 110 Å². The molecule has 1 aromatic rings. The molecule has 1 saturated carbocycles. The molecule has 0 saturated heterocycles. The van der Waals surface area contributed by atoms with E-state index in [4.69, 9.17) is 11.6 Å². The Balaban J connectivity index is 2.06. The third-order valence-electron chi connectivity index (χ3n) is 4.17. The fraction of sp³-hybridized carbons (Fsp3) is 0.600. The van der Waals surface area contributed by atoms with Crippen LogP contribution in [0.3, 0.4) is 0 Å². The molecular weight excluding hydrogens is 230 g/mol. The van der Waals surface area contributed by atoms with Crippen molar-refractivity contribution in [1.29, 1.82) is 0 Å². The molecule has 0 aliphatic heterocycles. The quantitative estimate of drug-likeness (QED) is 0.763. The van der Waals surface area contributed by atoms with Crippen molar-refractivity contribution in [1.82, 2.24) is 4.90 Å². The van der Waals surface area contributed by atoms with Crippen LogP contribution in [0.25, 0.3) is 0 Å². The van der Waals surface area contributed by atoms with Gasteiger partial charge in [-0.1, -0.05) is 30.7 Å². The van der Waals surface area contributed by atoms with Crippen molar-refractivity contribution in [2.24, 2.45) is 5.92 Å². The van der Waals surface area contributed by atoms with Gasteiger partial charge in [0.15, 0.2) is 0 Å². The van der Waals surface area contributed by atoms with Crippen LogP contribution < -0.4 is 0 Å². The molecule has 0 spiro atoms. The minimum Gasteiger partial charge on any atom is -0.306 e. The van der Waals surface area contributed by atoms with Gasteiger partial charge in [0, 0.05) is 11.1 Å². The maximum absolute atomic E-state index is 5.95. The van der Waals surface area contributed by atoms with E-state index in [0.29, 0.717) is 5.92 Å². The Kier molecular flexibility index (Phi) is 4.11. The number of benzene rings is 1. The summed E-state index contributed by atoms with van der Waals surface area (Å²) in [6, 6.07) is 9.18. The third-order valence-corrected chi connectivity index (χ3v) is 4.42. The zero-order chi connectivity index (χ0) is 12.4. The lowest BCUT2D eigenvalue weighted by Gasteiger charge is -2.37. The number of nitrogens with zero attached hydrogens (tertiary/aromatic N) is 1. The van der Waals surface area contributed by atoms with E-state index in [1.807, 2.05) is 12.1 Å². The van der Waals surface area contributed by atoms with Gasteiger partial charge >= 0.3 is 0 Å². The molecule has 1 fully saturated rings. The Morgan fingerprint density at radius 1 is 1.12 bits per heavy atom. The monoisotopic (exact) mass is 251 g/mol. The number of rotatable bonds is 2. The van der Waals surface area contributed by atoms with E-state index in [-0.39, 0.29) is 0 Å². The second-order valence-corrected chi connectivity index (χ2v) is 6.00. The average molecular weight is 252 g/mol. The van der Waals surface area contributed by atoms with Gasteiger partial charge in [-0.3, -0.25) is 0 Å². The van der Waals surface area contributed by atoms with Gasteiger partial charge in [0.2, 0.25) is 0 Å². The van der Waals surface area contributed by atoms with Crippen LogP contribution in [-0.4, -0.2) is 25.0 Å². The first kappa shape index (κ1) is 12.9. The summed E-state index contributed by atoms with van der Waals surface area (Å²) in [7, 11) is 4.39. The lowest BCUT2D eigenvalue weighted by molar-refractivity contribution is 0.175. The highest BCUT2D eigenvalue weighted by Gasteiger charge is 2.29. The Bertz CT molecular complexity index is 358. The highest BCUT2D eigenvalue weighted by atomic mass is 35.5. The van der Waals surface area contributed by atoms with E-state index in [1.165, 1.54) is 24.8 Å². The summed E-state index contributed by atoms with van der Waals surface area (Å²) in [5, 5.41) is 0.836. The maximum atomic E-state index is 5.95. The number of halogens is 1. The molecule has 94 valence electrons. The summed E-state index contributed by atoms with van der Waals surface area (Å²) in [4.78, 5) is 2.37. The molecule has 1 aliphatic rings. The Hall–Kier alpha value is -0.530. The van der Waals surface area contributed by atoms with E-state index in [1.54, 1.807) is 0 Å². The van der Waals surface area contributed by atoms with Crippen molar-refractivity contribution in [3.8, 4) is 0 Å². The van der Waals surface area contributed by atoms with Crippen LogP contribution >= 0.6 is 11.6 Å². The summed E-state index contributed by atoms with van der Waals surface area (Å²) in [5.41, 5.74) is 1.46. The predicted octanol–water partition coefficient (Wildman–Crippen LogP) is 4.17. The molecule has 0 amide bonds. The summed E-state index contributed by atoms with van der Waals surface area (Å²) in [6.45, 7) is 2.38. The SMILES string of the molecule is CC1C[C@H](N(C)C)CCC1c1ccc(Cl)cc1. The topological polar surface area (TPSA) is 3.24 Å². The third kappa shape index (κ3) is 3.02. The highest BCUT2D eigenvalue weighted by molar-refractivity contribution is 6.30. The molecule has 17 heavy (non-hydrogen) atoms. The standard InChI is InChI=1S/C15H22ClN/c1-11-10-14(17(2)3)8-9-15(11)12-4-6-13(16)7-5-12/h4-7,11,14-15H,8-10H2,1-3H3/t11?,14-,15?/m1/s1. The van der Waals surface area contributed by atoms with Gasteiger partial charge in [-0.05, 0) is 62.9 Å². The molecule has 0 bridgehead atoms. The second kappa shape index (κ2) is 5.41. The zero-order valence-electron chi connectivity index (χ0n) is 11.0. The van der Waals surface area contributed by atoms with Crippen LogP contribution in [0.2, 0.25) is 5.02 Å². The van der Waals surface area contributed by atoms with Crippen molar-refractivity contribution in [2.45, 2.75) is 38.1 Å². The Morgan fingerprint density at radius 3 is 2.29 bits per heavy atom. The summed E-state index contributed by atoms with van der Waals surface area (Å²) in [6.07, 6.45) is 3.91. The fourth-order valence-electron chi connectivity index (χ4n) is 3.04. The minimum atomic E-state index is 0.712. The molecule has 1 aliphatic carbocycles. The number of hydrogen-bond donors (Lipinski definition) is 0. The number of hydrogen-bond acceptors (Lipinski definition) is 1. The molecule has 0 aromatic heterocycles. The van der Waals surface area contributed by atoms with E-state index in [0.717, 1.165) is 17.0 Å². The van der Waals surface area contributed by atoms with Crippen molar-refractivity contribution in [3.63, 3.8) is 0 Å². The normalized spacial score (nSPS) is 29.6. The minimum absolute atomic E-state index is 0.712. The van der Waals surface area contributed by atoms with Crippen molar-refractivity contribution >= 4 is 11.6 Å². The van der Waals surface area contributed by atoms with Crippen molar-refractivity contribution in [3.05, 3.63) is 34.9 Å². The van der Waals surface area contributed by atoms with Gasteiger partial charge in [0.25, 0.3) is 0 Å². The Morgan fingerprint density at radius 2 is 1.76 bits per heavy atom. The van der Waals surface area contributed by atoms with E-state index in [2.05, 4.69) is 38.1 Å². The molecule has 0 heterocycles. The van der Waals surface area contributed by atoms with Crippen molar-refractivity contribution < 1.29 is 0 Å². The maximum Gasteiger partial charge on any atom is 0.0406 e. The lowest BCUT2D eigenvalue weighted by atomic mass is 9.74. The largest absolute Gasteiger partial charge is 0.306 e. The van der Waals surface area contributed by atoms with Crippen molar-refractivity contribution in [2.75, 3.05) is 14.1 Å². The molecule has 2 unspecified atom stereocenters. The van der Waals surface area contributed by atoms with Crippen LogP contribution in [0.4, 0.5) is 0 Å². The average Bonchev–Trinajstić information content (AvgIpc) is 2.30. The van der Waals surface area contributed by atoms with Crippen LogP contribution in [0.5, 0.6) is 0 Å². The van der Waals surface area contributed by atoms with Gasteiger partial charge in [0.1, 0.15) is 0 Å². The van der Waals surface area contributed by atoms with Gasteiger partial charge in [-0.2, -0.15) is 0 Å². The highest BCUT2D eigenvalue weighted by Crippen LogP contribution is 2.38. The van der Waals surface area contributed by atoms with Gasteiger partial charge in [-0.25, -0.2) is 0 Å². The zero-order valence-corrected chi connectivity index (χ0v) is 11.7. The van der Waals surface area contributed by atoms with E-state index in [9.17, 15) is 0 Å². The summed E-state index contributed by atoms with van der Waals surface area (Å²) >= 11 is 5.95. The second-order valence-electron chi connectivity index (χ2n) is 5.57. The molecule has 0 N–H and O–H groups in total. The van der Waals surface area contributed by atoms with Crippen LogP contribution in [0.1, 0.15) is 37.7 Å². The fourth-order valence-corrected chi connectivity index (χ4v) is 3.17. The molecule has 2 rings (SSSR count). The molecule has 2 heteroatoms. The molecule has 3 atom stereocenters. The van der Waals surface area contributed by atoms with Gasteiger partial charge < -0.3 is 4.90 Å². The van der Waals surface area contributed by atoms with Crippen LogP contribution in [-0.2, 0) is 0 Å². The van der Waals surface area contributed by atoms with E-state index < -0.39 is 0 Å². The summed E-state index contributed by atoms with van der Waals surface area (Å²) < 4.78 is 0. The molecule has 1 aromatic carbocycles. The predicted molar refractivity (Wildman–Crippen MR) is 74.7 cm³/mol. The first-order valence-electron chi connectivity index (χ1n) is 6.50. The van der Waals surface area contributed by atoms with Crippen LogP contribution in [0.15, 0.2) is 24.3 Å². The smallest absolute Gasteiger partial charge is 0.0406 e. The summed E-state index contributed by atoms with van der Waals surface area (Å²) in [5.74, 6) is 1.47. The first-order chi connectivity index (χ1) is 8.08. The molecule has 1 nitrogen and oxygen atoms in total. The molecular formula is C15H22ClN. The first-order valence-corrected chi connectivity index (χ1v) is 6.87.